The molecule has 0 aromatic carbocycles. The summed E-state index contributed by atoms with van der Waals surface area (Å²) in [5, 5.41) is 3.03. The average molecular weight is 218 g/mol. The summed E-state index contributed by atoms with van der Waals surface area (Å²) in [7, 11) is 0. The van der Waals surface area contributed by atoms with Crippen LogP contribution in [0.25, 0.3) is 0 Å². The summed E-state index contributed by atoms with van der Waals surface area (Å²) < 4.78 is 0. The molecule has 0 aromatic heterocycles. The summed E-state index contributed by atoms with van der Waals surface area (Å²) in [6.07, 6.45) is 6.71. The quantitative estimate of drug-likeness (QED) is 0.721. The molecule has 0 saturated heterocycles. The molecule has 0 bridgehead atoms. The van der Waals surface area contributed by atoms with Crippen LogP contribution in [0.15, 0.2) is 0 Å². The number of hydrogen-bond acceptors (Lipinski definition) is 1. The van der Waals surface area contributed by atoms with Crippen molar-refractivity contribution in [2.24, 2.45) is 5.92 Å². The third-order valence-corrected chi connectivity index (χ3v) is 3.12. The first-order valence-electron chi connectivity index (χ1n) is 5.60. The summed E-state index contributed by atoms with van der Waals surface area (Å²) in [6, 6.07) is 0.224. The summed E-state index contributed by atoms with van der Waals surface area (Å²) in [4.78, 5) is 11.7. The Morgan fingerprint density at radius 2 is 2.07 bits per heavy atom. The molecule has 0 spiro atoms. The molecule has 1 fully saturated rings. The largest absolute Gasteiger partial charge is 0.353 e. The van der Waals surface area contributed by atoms with Crippen LogP contribution in [0, 0.1) is 5.92 Å². The maximum atomic E-state index is 11.7. The van der Waals surface area contributed by atoms with E-state index in [0.29, 0.717) is 5.88 Å². The first-order valence-corrected chi connectivity index (χ1v) is 6.14. The van der Waals surface area contributed by atoms with Gasteiger partial charge in [-0.05, 0) is 26.2 Å². The van der Waals surface area contributed by atoms with Gasteiger partial charge in [0.05, 0.1) is 0 Å². The van der Waals surface area contributed by atoms with Gasteiger partial charge in [-0.15, -0.1) is 11.6 Å². The van der Waals surface area contributed by atoms with Crippen LogP contribution >= 0.6 is 11.6 Å². The predicted octanol–water partition coefficient (Wildman–Crippen LogP) is 2.70. The molecule has 2 nitrogen and oxygen atoms in total. The van der Waals surface area contributed by atoms with E-state index in [0.717, 1.165) is 19.3 Å². The summed E-state index contributed by atoms with van der Waals surface area (Å²) in [6.45, 7) is 2.02. The van der Waals surface area contributed by atoms with Gasteiger partial charge in [-0.25, -0.2) is 0 Å². The Kier molecular flexibility index (Phi) is 5.31. The number of carbonyl (C=O) groups is 1. The lowest BCUT2D eigenvalue weighted by molar-refractivity contribution is -0.126. The van der Waals surface area contributed by atoms with Crippen molar-refractivity contribution in [2.75, 3.05) is 5.88 Å². The Labute approximate surface area is 91.4 Å². The number of hydrogen-bond donors (Lipinski definition) is 1. The third kappa shape index (κ3) is 3.87. The number of nitrogens with one attached hydrogen (secondary N) is 1. The van der Waals surface area contributed by atoms with Crippen LogP contribution in [0.5, 0.6) is 0 Å². The van der Waals surface area contributed by atoms with Gasteiger partial charge in [-0.2, -0.15) is 0 Å². The van der Waals surface area contributed by atoms with Gasteiger partial charge in [0, 0.05) is 17.8 Å². The van der Waals surface area contributed by atoms with Gasteiger partial charge in [0.25, 0.3) is 0 Å². The molecule has 3 heteroatoms. The lowest BCUT2D eigenvalue weighted by Gasteiger charge is -2.22. The van der Waals surface area contributed by atoms with Crippen molar-refractivity contribution in [3.05, 3.63) is 0 Å². The molecule has 82 valence electrons. The molecule has 0 radical (unpaired) electrons. The maximum Gasteiger partial charge on any atom is 0.223 e. The molecule has 1 aliphatic rings. The van der Waals surface area contributed by atoms with E-state index in [-0.39, 0.29) is 17.9 Å². The van der Waals surface area contributed by atoms with Crippen LogP contribution in [-0.4, -0.2) is 17.8 Å². The minimum Gasteiger partial charge on any atom is -0.353 e. The van der Waals surface area contributed by atoms with Crippen LogP contribution in [0.2, 0.25) is 0 Å². The standard InChI is InChI=1S/C11H20ClNO/c1-9(7-8-12)13-11(14)10-5-3-2-4-6-10/h9-10H,2-8H2,1H3,(H,13,14). The smallest absolute Gasteiger partial charge is 0.223 e. The van der Waals surface area contributed by atoms with E-state index >= 15 is 0 Å². The average Bonchev–Trinajstić information content (AvgIpc) is 2.19. The summed E-state index contributed by atoms with van der Waals surface area (Å²) in [5.74, 6) is 1.12. The zero-order valence-electron chi connectivity index (χ0n) is 8.89. The topological polar surface area (TPSA) is 29.1 Å². The van der Waals surface area contributed by atoms with Crippen LogP contribution in [0.1, 0.15) is 45.4 Å². The van der Waals surface area contributed by atoms with Gasteiger partial charge >= 0.3 is 0 Å². The molecule has 0 heterocycles. The molecule has 1 unspecified atom stereocenters. The van der Waals surface area contributed by atoms with E-state index in [1.165, 1.54) is 19.3 Å². The second-order valence-electron chi connectivity index (χ2n) is 4.22. The fourth-order valence-corrected chi connectivity index (χ4v) is 2.29. The highest BCUT2D eigenvalue weighted by molar-refractivity contribution is 6.17. The minimum absolute atomic E-state index is 0.224. The molecule has 1 aliphatic carbocycles. The van der Waals surface area contributed by atoms with Crippen molar-refractivity contribution in [3.8, 4) is 0 Å². The molecule has 0 aliphatic heterocycles. The maximum absolute atomic E-state index is 11.7. The molecular weight excluding hydrogens is 198 g/mol. The van der Waals surface area contributed by atoms with Gasteiger partial charge in [-0.3, -0.25) is 4.79 Å². The fourth-order valence-electron chi connectivity index (χ4n) is 1.96. The lowest BCUT2D eigenvalue weighted by atomic mass is 9.88. The van der Waals surface area contributed by atoms with Crippen molar-refractivity contribution >= 4 is 17.5 Å². The van der Waals surface area contributed by atoms with E-state index in [2.05, 4.69) is 5.32 Å². The summed E-state index contributed by atoms with van der Waals surface area (Å²) in [5.41, 5.74) is 0. The van der Waals surface area contributed by atoms with Crippen LogP contribution in [-0.2, 0) is 4.79 Å². The molecule has 1 rings (SSSR count). The number of rotatable bonds is 4. The van der Waals surface area contributed by atoms with Gasteiger partial charge in [0.2, 0.25) is 5.91 Å². The number of alkyl halides is 1. The highest BCUT2D eigenvalue weighted by atomic mass is 35.5. The number of halogens is 1. The van der Waals surface area contributed by atoms with Crippen molar-refractivity contribution in [1.82, 2.24) is 5.32 Å². The molecule has 1 N–H and O–H groups in total. The summed E-state index contributed by atoms with van der Waals surface area (Å²) >= 11 is 5.61. The second-order valence-corrected chi connectivity index (χ2v) is 4.60. The highest BCUT2D eigenvalue weighted by Crippen LogP contribution is 2.23. The van der Waals surface area contributed by atoms with Crippen LogP contribution in [0.3, 0.4) is 0 Å². The lowest BCUT2D eigenvalue weighted by Crippen LogP contribution is -2.38. The normalized spacial score (nSPS) is 20.4. The Bertz CT molecular complexity index is 178. The Hall–Kier alpha value is -0.240. The number of carbonyl (C=O) groups excluding carboxylic acids is 1. The Balaban J connectivity index is 2.25. The zero-order valence-corrected chi connectivity index (χ0v) is 9.65. The molecule has 1 amide bonds. The van der Waals surface area contributed by atoms with Crippen LogP contribution < -0.4 is 5.32 Å². The molecule has 1 saturated carbocycles. The second kappa shape index (κ2) is 6.28. The van der Waals surface area contributed by atoms with E-state index in [1.54, 1.807) is 0 Å². The predicted molar refractivity (Wildman–Crippen MR) is 59.5 cm³/mol. The molecular formula is C11H20ClNO. The minimum atomic E-state index is 0.224. The molecule has 14 heavy (non-hydrogen) atoms. The first-order chi connectivity index (χ1) is 6.74. The van der Waals surface area contributed by atoms with Crippen LogP contribution in [0.4, 0.5) is 0 Å². The number of amides is 1. The van der Waals surface area contributed by atoms with Crippen molar-refractivity contribution < 1.29 is 4.79 Å². The van der Waals surface area contributed by atoms with Gasteiger partial charge in [0.1, 0.15) is 0 Å². The monoisotopic (exact) mass is 217 g/mol. The zero-order chi connectivity index (χ0) is 10.4. The van der Waals surface area contributed by atoms with E-state index in [1.807, 2.05) is 6.92 Å². The van der Waals surface area contributed by atoms with Crippen molar-refractivity contribution in [3.63, 3.8) is 0 Å². The highest BCUT2D eigenvalue weighted by Gasteiger charge is 2.21. The van der Waals surface area contributed by atoms with Gasteiger partial charge in [0.15, 0.2) is 0 Å². The Morgan fingerprint density at radius 3 is 2.64 bits per heavy atom. The fraction of sp³-hybridized carbons (Fsp3) is 0.909. The Morgan fingerprint density at radius 1 is 1.43 bits per heavy atom. The first kappa shape index (κ1) is 11.8. The van der Waals surface area contributed by atoms with E-state index in [4.69, 9.17) is 11.6 Å². The third-order valence-electron chi connectivity index (χ3n) is 2.91. The molecule has 0 aromatic rings. The van der Waals surface area contributed by atoms with Gasteiger partial charge in [-0.1, -0.05) is 19.3 Å². The van der Waals surface area contributed by atoms with Crippen molar-refractivity contribution in [2.45, 2.75) is 51.5 Å². The SMILES string of the molecule is CC(CCCl)NC(=O)C1CCCCC1. The molecule has 1 atom stereocenters. The van der Waals surface area contributed by atoms with E-state index < -0.39 is 0 Å². The van der Waals surface area contributed by atoms with Crippen molar-refractivity contribution in [1.29, 1.82) is 0 Å². The van der Waals surface area contributed by atoms with E-state index in [9.17, 15) is 4.79 Å². The van der Waals surface area contributed by atoms with Gasteiger partial charge < -0.3 is 5.32 Å².